The Kier molecular flexibility index (Phi) is 2.07. The monoisotopic (exact) mass is 200 g/mol. The van der Waals surface area contributed by atoms with Crippen molar-refractivity contribution in [3.8, 4) is 0 Å². The maximum atomic E-state index is 11.7. The minimum Gasteiger partial charge on any atom is -0.285 e. The Hall–Kier alpha value is -1.70. The second-order valence-electron chi connectivity index (χ2n) is 4.01. The number of carbonyl (C=O) groups is 2. The Bertz CT molecular complexity index is 508. The smallest absolute Gasteiger partial charge is 0.233 e. The normalized spacial score (nSPS) is 15.0. The van der Waals surface area contributed by atoms with E-state index in [0.717, 1.165) is 16.7 Å². The number of rotatable bonds is 0. The number of hydrogen-bond acceptors (Lipinski definition) is 2. The molecule has 0 aliphatic heterocycles. The molecule has 0 saturated carbocycles. The number of benzene rings is 1. The molecule has 2 heteroatoms. The lowest BCUT2D eigenvalue weighted by Crippen LogP contribution is -2.20. The number of aryl methyl sites for hydroxylation is 2. The van der Waals surface area contributed by atoms with Crippen LogP contribution in [0.4, 0.5) is 0 Å². The van der Waals surface area contributed by atoms with Gasteiger partial charge in [0.05, 0.1) is 0 Å². The first-order valence-electron chi connectivity index (χ1n) is 4.89. The summed E-state index contributed by atoms with van der Waals surface area (Å²) in [5.41, 5.74) is 4.10. The van der Waals surface area contributed by atoms with Crippen LogP contribution < -0.4 is 0 Å². The van der Waals surface area contributed by atoms with Crippen LogP contribution in [-0.4, -0.2) is 11.6 Å². The predicted octanol–water partition coefficient (Wildman–Crippen LogP) is 2.47. The van der Waals surface area contributed by atoms with E-state index in [-0.39, 0.29) is 11.6 Å². The molecule has 76 valence electrons. The summed E-state index contributed by atoms with van der Waals surface area (Å²) in [6, 6.07) is 3.76. The molecule has 2 rings (SSSR count). The van der Waals surface area contributed by atoms with E-state index in [1.165, 1.54) is 0 Å². The third-order valence-electron chi connectivity index (χ3n) is 2.85. The Morgan fingerprint density at radius 3 is 2.13 bits per heavy atom. The van der Waals surface area contributed by atoms with E-state index in [2.05, 4.69) is 0 Å². The maximum Gasteiger partial charge on any atom is 0.233 e. The molecule has 0 N–H and O–H groups in total. The lowest BCUT2D eigenvalue weighted by atomic mass is 9.88. The van der Waals surface area contributed by atoms with Crippen molar-refractivity contribution < 1.29 is 9.59 Å². The quantitative estimate of drug-likeness (QED) is 0.603. The molecule has 0 fully saturated rings. The molecule has 0 aromatic heterocycles. The molecule has 0 heterocycles. The van der Waals surface area contributed by atoms with Gasteiger partial charge in [0.1, 0.15) is 0 Å². The van der Waals surface area contributed by atoms with Gasteiger partial charge in [-0.1, -0.05) is 6.07 Å². The predicted molar refractivity (Wildman–Crippen MR) is 58.9 cm³/mol. The average molecular weight is 200 g/mol. The van der Waals surface area contributed by atoms with Gasteiger partial charge in [0.2, 0.25) is 11.6 Å². The van der Waals surface area contributed by atoms with Crippen molar-refractivity contribution in [1.29, 1.82) is 0 Å². The zero-order chi connectivity index (χ0) is 11.2. The highest BCUT2D eigenvalue weighted by molar-refractivity contribution is 6.51. The number of hydrogen-bond donors (Lipinski definition) is 0. The van der Waals surface area contributed by atoms with E-state index in [1.54, 1.807) is 19.1 Å². The molecule has 0 radical (unpaired) electrons. The first-order valence-corrected chi connectivity index (χ1v) is 4.89. The molecule has 0 saturated heterocycles. The Labute approximate surface area is 88.6 Å². The molecule has 0 bridgehead atoms. The summed E-state index contributed by atoms with van der Waals surface area (Å²) in [5, 5.41) is 0. The van der Waals surface area contributed by atoms with Crippen molar-refractivity contribution in [2.24, 2.45) is 0 Å². The molecule has 1 aromatic rings. The minimum atomic E-state index is -0.384. The first-order chi connectivity index (χ1) is 7.00. The van der Waals surface area contributed by atoms with Gasteiger partial charge < -0.3 is 0 Å². The number of ketones is 2. The third-order valence-corrected chi connectivity index (χ3v) is 2.85. The molecule has 1 aliphatic carbocycles. The van der Waals surface area contributed by atoms with Gasteiger partial charge in [0.25, 0.3) is 0 Å². The molecule has 0 spiro atoms. The van der Waals surface area contributed by atoms with Crippen LogP contribution in [0.3, 0.4) is 0 Å². The zero-order valence-electron chi connectivity index (χ0n) is 9.05. The van der Waals surface area contributed by atoms with Crippen LogP contribution in [0, 0.1) is 13.8 Å². The van der Waals surface area contributed by atoms with Gasteiger partial charge >= 0.3 is 0 Å². The Morgan fingerprint density at radius 2 is 1.47 bits per heavy atom. The van der Waals surface area contributed by atoms with Gasteiger partial charge in [-0.2, -0.15) is 0 Å². The summed E-state index contributed by atoms with van der Waals surface area (Å²) < 4.78 is 0. The van der Waals surface area contributed by atoms with Crippen LogP contribution in [0.5, 0.6) is 0 Å². The highest BCUT2D eigenvalue weighted by Gasteiger charge is 2.25. The van der Waals surface area contributed by atoms with E-state index in [1.807, 2.05) is 19.9 Å². The van der Waals surface area contributed by atoms with Gasteiger partial charge in [0, 0.05) is 11.1 Å². The fourth-order valence-corrected chi connectivity index (χ4v) is 1.75. The standard InChI is InChI=1S/C13H12O2/c1-7-4-10-5-9(3)12(14)13(15)11(10)6-8(7)2/h4-6H,1-3H3. The average Bonchev–Trinajstić information content (AvgIpc) is 2.19. The molecule has 1 aromatic carbocycles. The van der Waals surface area contributed by atoms with Gasteiger partial charge in [-0.3, -0.25) is 9.59 Å². The van der Waals surface area contributed by atoms with Crippen molar-refractivity contribution in [3.05, 3.63) is 40.0 Å². The summed E-state index contributed by atoms with van der Waals surface area (Å²) in [7, 11) is 0. The Balaban J connectivity index is 2.73. The first kappa shape index (κ1) is 9.84. The third kappa shape index (κ3) is 1.42. The number of fused-ring (bicyclic) bond motifs is 1. The van der Waals surface area contributed by atoms with Crippen LogP contribution in [0.15, 0.2) is 17.7 Å². The Morgan fingerprint density at radius 1 is 0.867 bits per heavy atom. The second-order valence-corrected chi connectivity index (χ2v) is 4.01. The summed E-state index contributed by atoms with van der Waals surface area (Å²) in [6.07, 6.45) is 1.78. The number of carbonyl (C=O) groups excluding carboxylic acids is 2. The van der Waals surface area contributed by atoms with E-state index >= 15 is 0 Å². The fraction of sp³-hybridized carbons (Fsp3) is 0.231. The molecular weight excluding hydrogens is 188 g/mol. The summed E-state index contributed by atoms with van der Waals surface area (Å²) >= 11 is 0. The molecule has 0 unspecified atom stereocenters. The summed E-state index contributed by atoms with van der Waals surface area (Å²) in [4.78, 5) is 23.2. The van der Waals surface area contributed by atoms with Crippen LogP contribution in [-0.2, 0) is 4.79 Å². The van der Waals surface area contributed by atoms with Crippen LogP contribution in [0.2, 0.25) is 0 Å². The van der Waals surface area contributed by atoms with Crippen molar-refractivity contribution in [2.45, 2.75) is 20.8 Å². The fourth-order valence-electron chi connectivity index (χ4n) is 1.75. The molecular formula is C13H12O2. The van der Waals surface area contributed by atoms with Gasteiger partial charge in [-0.15, -0.1) is 0 Å². The zero-order valence-corrected chi connectivity index (χ0v) is 9.05. The largest absolute Gasteiger partial charge is 0.285 e. The van der Waals surface area contributed by atoms with Crippen LogP contribution in [0.25, 0.3) is 6.08 Å². The van der Waals surface area contributed by atoms with Gasteiger partial charge in [-0.25, -0.2) is 0 Å². The van der Waals surface area contributed by atoms with E-state index < -0.39 is 0 Å². The number of Topliss-reactive ketones (excluding diaryl/α,β-unsaturated/α-hetero) is 2. The van der Waals surface area contributed by atoms with Crippen molar-refractivity contribution in [1.82, 2.24) is 0 Å². The topological polar surface area (TPSA) is 34.1 Å². The minimum absolute atomic E-state index is 0.381. The van der Waals surface area contributed by atoms with E-state index in [9.17, 15) is 9.59 Å². The maximum absolute atomic E-state index is 11.7. The molecule has 2 nitrogen and oxygen atoms in total. The van der Waals surface area contributed by atoms with E-state index in [4.69, 9.17) is 0 Å². The van der Waals surface area contributed by atoms with Crippen molar-refractivity contribution >= 4 is 17.6 Å². The van der Waals surface area contributed by atoms with Crippen LogP contribution >= 0.6 is 0 Å². The highest BCUT2D eigenvalue weighted by Crippen LogP contribution is 2.24. The second kappa shape index (κ2) is 3.16. The van der Waals surface area contributed by atoms with Gasteiger partial charge in [-0.05, 0) is 49.6 Å². The van der Waals surface area contributed by atoms with Crippen LogP contribution in [0.1, 0.15) is 34.0 Å². The SMILES string of the molecule is CC1=Cc2cc(C)c(C)cc2C(=O)C1=O. The molecule has 1 aliphatic rings. The van der Waals surface area contributed by atoms with Crippen molar-refractivity contribution in [3.63, 3.8) is 0 Å². The van der Waals surface area contributed by atoms with E-state index in [0.29, 0.717) is 11.1 Å². The summed E-state index contributed by atoms with van der Waals surface area (Å²) in [6.45, 7) is 5.62. The lowest BCUT2D eigenvalue weighted by molar-refractivity contribution is -0.111. The molecule has 0 amide bonds. The highest BCUT2D eigenvalue weighted by atomic mass is 16.2. The lowest BCUT2D eigenvalue weighted by Gasteiger charge is -2.14. The van der Waals surface area contributed by atoms with Crippen molar-refractivity contribution in [2.75, 3.05) is 0 Å². The molecule has 0 atom stereocenters. The summed E-state index contributed by atoms with van der Waals surface area (Å²) in [5.74, 6) is -0.765. The van der Waals surface area contributed by atoms with Gasteiger partial charge in [0.15, 0.2) is 0 Å². The number of allylic oxidation sites excluding steroid dienone is 1. The molecule has 15 heavy (non-hydrogen) atoms.